The van der Waals surface area contributed by atoms with Gasteiger partial charge in [0, 0.05) is 5.38 Å². The second-order valence-electron chi connectivity index (χ2n) is 1.56. The highest BCUT2D eigenvalue weighted by Crippen LogP contribution is 2.18. The van der Waals surface area contributed by atoms with E-state index in [4.69, 9.17) is 5.73 Å². The van der Waals surface area contributed by atoms with E-state index in [1.165, 1.54) is 23.3 Å². The Labute approximate surface area is 67.5 Å². The summed E-state index contributed by atoms with van der Waals surface area (Å²) in [5.41, 5.74) is 5.55. The molecular weight excluding hydrogens is 166 g/mol. The fourth-order valence-electron chi connectivity index (χ4n) is 0.395. The van der Waals surface area contributed by atoms with Gasteiger partial charge < -0.3 is 5.73 Å². The Morgan fingerprint density at radius 1 is 1.90 bits per heavy atom. The molecule has 10 heavy (non-hydrogen) atoms. The standard InChI is InChI=1S/C5H7N3S2/c1-2-4(6)10-5-3-9-8-7-5/h2-4H,1,6H2. The molecule has 1 atom stereocenters. The summed E-state index contributed by atoms with van der Waals surface area (Å²) in [5, 5.41) is 6.44. The maximum absolute atomic E-state index is 5.55. The minimum absolute atomic E-state index is 0.0797. The zero-order valence-electron chi connectivity index (χ0n) is 5.23. The minimum Gasteiger partial charge on any atom is -0.316 e. The van der Waals surface area contributed by atoms with Crippen molar-refractivity contribution in [2.75, 3.05) is 0 Å². The van der Waals surface area contributed by atoms with Crippen LogP contribution in [0.2, 0.25) is 0 Å². The van der Waals surface area contributed by atoms with Crippen LogP contribution in [-0.4, -0.2) is 15.0 Å². The molecule has 0 aliphatic carbocycles. The average Bonchev–Trinajstić information content (AvgIpc) is 2.40. The summed E-state index contributed by atoms with van der Waals surface area (Å²) in [6.45, 7) is 3.55. The van der Waals surface area contributed by atoms with Gasteiger partial charge in [-0.25, -0.2) is 0 Å². The van der Waals surface area contributed by atoms with Gasteiger partial charge >= 0.3 is 0 Å². The fourth-order valence-corrected chi connectivity index (χ4v) is 1.58. The van der Waals surface area contributed by atoms with Crippen molar-refractivity contribution in [2.45, 2.75) is 10.4 Å². The smallest absolute Gasteiger partial charge is 0.133 e. The van der Waals surface area contributed by atoms with Crippen LogP contribution in [0.4, 0.5) is 0 Å². The van der Waals surface area contributed by atoms with Crippen molar-refractivity contribution in [3.63, 3.8) is 0 Å². The van der Waals surface area contributed by atoms with Gasteiger partial charge in [0.2, 0.25) is 0 Å². The largest absolute Gasteiger partial charge is 0.316 e. The van der Waals surface area contributed by atoms with Crippen molar-refractivity contribution >= 4 is 23.3 Å². The monoisotopic (exact) mass is 173 g/mol. The molecular formula is C5H7N3S2. The number of hydrogen-bond acceptors (Lipinski definition) is 5. The van der Waals surface area contributed by atoms with Gasteiger partial charge in [0.25, 0.3) is 0 Å². The molecule has 0 bridgehead atoms. The van der Waals surface area contributed by atoms with E-state index in [0.29, 0.717) is 0 Å². The highest BCUT2D eigenvalue weighted by molar-refractivity contribution is 8.00. The summed E-state index contributed by atoms with van der Waals surface area (Å²) >= 11 is 2.77. The molecule has 1 heterocycles. The molecule has 0 saturated heterocycles. The number of hydrogen-bond donors (Lipinski definition) is 1. The summed E-state index contributed by atoms with van der Waals surface area (Å²) in [7, 11) is 0. The topological polar surface area (TPSA) is 51.8 Å². The van der Waals surface area contributed by atoms with Gasteiger partial charge in [-0.3, -0.25) is 0 Å². The first-order valence-corrected chi connectivity index (χ1v) is 4.36. The Morgan fingerprint density at radius 2 is 2.70 bits per heavy atom. The molecule has 1 rings (SSSR count). The number of rotatable bonds is 3. The molecule has 3 nitrogen and oxygen atoms in total. The molecule has 0 fully saturated rings. The summed E-state index contributed by atoms with van der Waals surface area (Å²) in [5.74, 6) is 0. The third-order valence-corrected chi connectivity index (χ3v) is 2.39. The summed E-state index contributed by atoms with van der Waals surface area (Å²) < 4.78 is 3.69. The fraction of sp³-hybridized carbons (Fsp3) is 0.200. The minimum atomic E-state index is -0.0797. The molecule has 0 amide bonds. The van der Waals surface area contributed by atoms with Crippen LogP contribution < -0.4 is 5.73 Å². The van der Waals surface area contributed by atoms with Crippen molar-refractivity contribution in [1.82, 2.24) is 9.59 Å². The number of aromatic nitrogens is 2. The van der Waals surface area contributed by atoms with Gasteiger partial charge in [-0.05, 0) is 11.5 Å². The van der Waals surface area contributed by atoms with Gasteiger partial charge in [-0.2, -0.15) is 0 Å². The van der Waals surface area contributed by atoms with Gasteiger partial charge in [-0.15, -0.1) is 11.7 Å². The summed E-state index contributed by atoms with van der Waals surface area (Å²) in [6, 6.07) is 0. The van der Waals surface area contributed by atoms with Crippen LogP contribution >= 0.6 is 23.3 Å². The quantitative estimate of drug-likeness (QED) is 0.422. The molecule has 0 saturated carbocycles. The molecule has 0 spiro atoms. The lowest BCUT2D eigenvalue weighted by Crippen LogP contribution is -2.10. The number of thioether (sulfide) groups is 1. The van der Waals surface area contributed by atoms with Gasteiger partial charge in [0.15, 0.2) is 0 Å². The van der Waals surface area contributed by atoms with Gasteiger partial charge in [-0.1, -0.05) is 22.3 Å². The molecule has 0 radical (unpaired) electrons. The van der Waals surface area contributed by atoms with E-state index >= 15 is 0 Å². The molecule has 1 unspecified atom stereocenters. The lowest BCUT2D eigenvalue weighted by molar-refractivity contribution is 1.02. The third kappa shape index (κ3) is 2.09. The highest BCUT2D eigenvalue weighted by Gasteiger charge is 2.01. The average molecular weight is 173 g/mol. The van der Waals surface area contributed by atoms with E-state index in [1.54, 1.807) is 6.08 Å². The molecule has 0 aromatic carbocycles. The van der Waals surface area contributed by atoms with E-state index in [9.17, 15) is 0 Å². The molecule has 2 N–H and O–H groups in total. The predicted molar refractivity (Wildman–Crippen MR) is 43.9 cm³/mol. The first-order valence-electron chi connectivity index (χ1n) is 2.65. The van der Waals surface area contributed by atoms with Crippen molar-refractivity contribution in [1.29, 1.82) is 0 Å². The van der Waals surface area contributed by atoms with Crippen molar-refractivity contribution in [3.05, 3.63) is 18.0 Å². The van der Waals surface area contributed by atoms with Gasteiger partial charge in [0.1, 0.15) is 5.03 Å². The Hall–Kier alpha value is -0.390. The zero-order valence-corrected chi connectivity index (χ0v) is 6.86. The summed E-state index contributed by atoms with van der Waals surface area (Å²) in [4.78, 5) is 0. The third-order valence-electron chi connectivity index (χ3n) is 0.829. The van der Waals surface area contributed by atoms with E-state index in [-0.39, 0.29) is 5.37 Å². The molecule has 0 aliphatic rings. The van der Waals surface area contributed by atoms with Crippen molar-refractivity contribution < 1.29 is 0 Å². The van der Waals surface area contributed by atoms with E-state index in [0.717, 1.165) is 5.03 Å². The molecule has 1 aromatic rings. The van der Waals surface area contributed by atoms with E-state index < -0.39 is 0 Å². The summed E-state index contributed by atoms with van der Waals surface area (Å²) in [6.07, 6.45) is 1.67. The zero-order chi connectivity index (χ0) is 7.40. The Balaban J connectivity index is 2.47. The van der Waals surface area contributed by atoms with Crippen molar-refractivity contribution in [2.24, 2.45) is 5.73 Å². The molecule has 5 heteroatoms. The Kier molecular flexibility index (Phi) is 2.85. The SMILES string of the molecule is C=CC(N)Sc1csnn1. The second-order valence-corrected chi connectivity index (χ2v) is 3.37. The van der Waals surface area contributed by atoms with Crippen LogP contribution in [0, 0.1) is 0 Å². The van der Waals surface area contributed by atoms with Crippen molar-refractivity contribution in [3.8, 4) is 0 Å². The Morgan fingerprint density at radius 3 is 3.20 bits per heavy atom. The number of nitrogens with zero attached hydrogens (tertiary/aromatic N) is 2. The highest BCUT2D eigenvalue weighted by atomic mass is 32.2. The van der Waals surface area contributed by atoms with Gasteiger partial charge in [0.05, 0.1) is 5.37 Å². The first-order chi connectivity index (χ1) is 4.83. The maximum atomic E-state index is 5.55. The molecule has 1 aromatic heterocycles. The number of nitrogens with two attached hydrogens (primary N) is 1. The molecule has 54 valence electrons. The van der Waals surface area contributed by atoms with Crippen LogP contribution in [0.15, 0.2) is 23.1 Å². The lowest BCUT2D eigenvalue weighted by Gasteiger charge is -1.99. The molecule has 0 aliphatic heterocycles. The van der Waals surface area contributed by atoms with E-state index in [1.807, 2.05) is 5.38 Å². The lowest BCUT2D eigenvalue weighted by atomic mass is 10.7. The Bertz CT molecular complexity index is 197. The predicted octanol–water partition coefficient (Wildman–Crippen LogP) is 1.10. The van der Waals surface area contributed by atoms with Crippen LogP contribution in [-0.2, 0) is 0 Å². The second kappa shape index (κ2) is 3.70. The van der Waals surface area contributed by atoms with Crippen LogP contribution in [0.1, 0.15) is 0 Å². The normalized spacial score (nSPS) is 12.9. The van der Waals surface area contributed by atoms with E-state index in [2.05, 4.69) is 16.2 Å². The van der Waals surface area contributed by atoms with Crippen LogP contribution in [0.25, 0.3) is 0 Å². The van der Waals surface area contributed by atoms with Crippen LogP contribution in [0.5, 0.6) is 0 Å². The maximum Gasteiger partial charge on any atom is 0.133 e. The first kappa shape index (κ1) is 7.71. The van der Waals surface area contributed by atoms with Crippen LogP contribution in [0.3, 0.4) is 0 Å².